The second-order valence-corrected chi connectivity index (χ2v) is 9.50. The SMILES string of the molecule is C[S@](=O)(=NC(=S)NC(=O)c1cnn2c(C(F)(F)F)cc(C(F)(F)F)nc12)c1ccc(Cl)cc1. The van der Waals surface area contributed by atoms with Crippen molar-refractivity contribution in [2.24, 2.45) is 4.36 Å². The first-order valence-electron chi connectivity index (χ1n) is 8.46. The average molecular weight is 530 g/mol. The van der Waals surface area contributed by atoms with Crippen molar-refractivity contribution < 1.29 is 35.3 Å². The van der Waals surface area contributed by atoms with E-state index in [2.05, 4.69) is 14.4 Å². The number of amides is 1. The summed E-state index contributed by atoms with van der Waals surface area (Å²) in [6.07, 6.45) is -8.65. The predicted molar refractivity (Wildman–Crippen MR) is 109 cm³/mol. The Morgan fingerprint density at radius 1 is 1.15 bits per heavy atom. The molecule has 0 saturated heterocycles. The van der Waals surface area contributed by atoms with Crippen LogP contribution in [0, 0.1) is 0 Å². The molecule has 0 aliphatic heterocycles. The maximum atomic E-state index is 13.2. The number of rotatable bonds is 2. The second-order valence-electron chi connectivity index (χ2n) is 6.42. The molecule has 0 aliphatic rings. The molecule has 1 amide bonds. The molecule has 0 unspecified atom stereocenters. The third kappa shape index (κ3) is 5.42. The molecule has 16 heteroatoms. The van der Waals surface area contributed by atoms with Gasteiger partial charge in [-0.15, -0.1) is 0 Å². The van der Waals surface area contributed by atoms with E-state index < -0.39 is 55.7 Å². The number of benzene rings is 1. The number of hydrogen-bond donors (Lipinski definition) is 1. The highest BCUT2D eigenvalue weighted by molar-refractivity contribution is 7.94. The maximum Gasteiger partial charge on any atom is 0.433 e. The van der Waals surface area contributed by atoms with E-state index >= 15 is 0 Å². The minimum atomic E-state index is -5.23. The van der Waals surface area contributed by atoms with Crippen LogP contribution >= 0.6 is 23.8 Å². The smallest absolute Gasteiger partial charge is 0.296 e. The number of nitrogens with zero attached hydrogens (tertiary/aromatic N) is 4. The fourth-order valence-electron chi connectivity index (χ4n) is 2.56. The zero-order valence-corrected chi connectivity index (χ0v) is 18.4. The standard InChI is InChI=1S/C17H10ClF6N5O2S2/c1-33(31,9-4-2-8(18)3-5-9)28-15(32)27-14(30)10-7-25-29-12(17(22,23)24)6-11(16(19,20)21)26-13(10)29/h2-7H,1H3,(H,27,30,32)/t33-/m1/s1. The number of fused-ring (bicyclic) bond motifs is 1. The van der Waals surface area contributed by atoms with Crippen LogP contribution in [0.5, 0.6) is 0 Å². The first-order chi connectivity index (χ1) is 15.1. The van der Waals surface area contributed by atoms with Gasteiger partial charge >= 0.3 is 12.4 Å². The van der Waals surface area contributed by atoms with Crippen molar-refractivity contribution in [3.05, 3.63) is 58.5 Å². The molecule has 0 aliphatic carbocycles. The summed E-state index contributed by atoms with van der Waals surface area (Å²) >= 11 is 10.6. The molecule has 0 fully saturated rings. The van der Waals surface area contributed by atoms with E-state index in [9.17, 15) is 35.3 Å². The van der Waals surface area contributed by atoms with Crippen LogP contribution in [0.2, 0.25) is 5.02 Å². The van der Waals surface area contributed by atoms with Gasteiger partial charge in [-0.3, -0.25) is 10.1 Å². The summed E-state index contributed by atoms with van der Waals surface area (Å²) in [6, 6.07) is 5.48. The van der Waals surface area contributed by atoms with E-state index in [-0.39, 0.29) is 15.5 Å². The topological polar surface area (TPSA) is 88.7 Å². The Hall–Kier alpha value is -2.78. The summed E-state index contributed by atoms with van der Waals surface area (Å²) < 4.78 is 95.5. The molecule has 0 spiro atoms. The van der Waals surface area contributed by atoms with Crippen LogP contribution in [0.3, 0.4) is 0 Å². The molecule has 1 N–H and O–H groups in total. The van der Waals surface area contributed by atoms with Gasteiger partial charge in [-0.05, 0) is 42.5 Å². The van der Waals surface area contributed by atoms with Gasteiger partial charge in [0.05, 0.1) is 15.9 Å². The van der Waals surface area contributed by atoms with E-state index in [1.165, 1.54) is 30.5 Å². The second kappa shape index (κ2) is 8.53. The summed E-state index contributed by atoms with van der Waals surface area (Å²) in [7, 11) is -3.16. The van der Waals surface area contributed by atoms with Crippen molar-refractivity contribution in [1.29, 1.82) is 0 Å². The lowest BCUT2D eigenvalue weighted by Crippen LogP contribution is -2.28. The van der Waals surface area contributed by atoms with Crippen molar-refractivity contribution in [3.63, 3.8) is 0 Å². The zero-order valence-electron chi connectivity index (χ0n) is 16.0. The van der Waals surface area contributed by atoms with Gasteiger partial charge in [-0.1, -0.05) is 11.6 Å². The summed E-state index contributed by atoms with van der Waals surface area (Å²) in [5.74, 6) is -1.25. The molecule has 3 aromatic rings. The molecule has 1 aromatic carbocycles. The minimum absolute atomic E-state index is 0.0566. The highest BCUT2D eigenvalue weighted by Gasteiger charge is 2.41. The number of hydrogen-bond acceptors (Lipinski definition) is 5. The van der Waals surface area contributed by atoms with Gasteiger partial charge in [-0.2, -0.15) is 35.8 Å². The monoisotopic (exact) mass is 529 g/mol. The number of alkyl halides is 6. The maximum absolute atomic E-state index is 13.2. The molecule has 0 radical (unpaired) electrons. The van der Waals surface area contributed by atoms with Gasteiger partial charge in [0, 0.05) is 16.2 Å². The lowest BCUT2D eigenvalue weighted by molar-refractivity contribution is -0.148. The van der Waals surface area contributed by atoms with Crippen molar-refractivity contribution in [2.45, 2.75) is 17.2 Å². The quantitative estimate of drug-likeness (QED) is 0.387. The Morgan fingerprint density at radius 2 is 1.76 bits per heavy atom. The Balaban J connectivity index is 2.00. The van der Waals surface area contributed by atoms with Gasteiger partial charge < -0.3 is 0 Å². The van der Waals surface area contributed by atoms with Crippen molar-refractivity contribution in [3.8, 4) is 0 Å². The predicted octanol–water partition coefficient (Wildman–Crippen LogP) is 4.59. The molecular weight excluding hydrogens is 520 g/mol. The molecule has 176 valence electrons. The van der Waals surface area contributed by atoms with Crippen LogP contribution in [0.25, 0.3) is 5.65 Å². The first-order valence-corrected chi connectivity index (χ1v) is 11.2. The van der Waals surface area contributed by atoms with Gasteiger partial charge in [0.15, 0.2) is 11.3 Å². The van der Waals surface area contributed by atoms with Crippen LogP contribution < -0.4 is 5.32 Å². The fourth-order valence-corrected chi connectivity index (χ4v) is 4.31. The first kappa shape index (κ1) is 24.9. The van der Waals surface area contributed by atoms with Gasteiger partial charge in [0.1, 0.15) is 11.3 Å². The molecule has 0 bridgehead atoms. The van der Waals surface area contributed by atoms with Crippen molar-refractivity contribution in [1.82, 2.24) is 19.9 Å². The number of nitrogens with one attached hydrogen (secondary N) is 1. The van der Waals surface area contributed by atoms with Crippen LogP contribution in [-0.2, 0) is 22.1 Å². The normalized spacial score (nSPS) is 14.1. The summed E-state index contributed by atoms with van der Waals surface area (Å²) in [4.78, 5) is 15.8. The Kier molecular flexibility index (Phi) is 6.43. The molecule has 33 heavy (non-hydrogen) atoms. The van der Waals surface area contributed by atoms with E-state index in [4.69, 9.17) is 23.8 Å². The number of thiocarbonyl (C=S) groups is 1. The molecular formula is C17H10ClF6N5O2S2. The lowest BCUT2D eigenvalue weighted by Gasteiger charge is -2.13. The van der Waals surface area contributed by atoms with Crippen molar-refractivity contribution >= 4 is 50.2 Å². The Bertz CT molecular complexity index is 1380. The molecule has 7 nitrogen and oxygen atoms in total. The van der Waals surface area contributed by atoms with Crippen LogP contribution in [-0.4, -0.2) is 36.1 Å². The van der Waals surface area contributed by atoms with E-state index in [0.29, 0.717) is 11.2 Å². The van der Waals surface area contributed by atoms with Crippen molar-refractivity contribution in [2.75, 3.05) is 6.26 Å². The Morgan fingerprint density at radius 3 is 2.30 bits per heavy atom. The van der Waals surface area contributed by atoms with Gasteiger partial charge in [0.2, 0.25) is 5.11 Å². The largest absolute Gasteiger partial charge is 0.433 e. The minimum Gasteiger partial charge on any atom is -0.296 e. The number of aromatic nitrogens is 3. The highest BCUT2D eigenvalue weighted by atomic mass is 35.5. The zero-order chi connectivity index (χ0) is 24.8. The Labute approximate surface area is 191 Å². The van der Waals surface area contributed by atoms with E-state index in [0.717, 1.165) is 0 Å². The molecule has 2 heterocycles. The fraction of sp³-hybridized carbons (Fsp3) is 0.176. The van der Waals surface area contributed by atoms with Gasteiger partial charge in [0.25, 0.3) is 5.91 Å². The summed E-state index contributed by atoms with van der Waals surface area (Å²) in [5.41, 5.74) is -5.40. The highest BCUT2D eigenvalue weighted by Crippen LogP contribution is 2.35. The molecule has 2 aromatic heterocycles. The number of carbonyl (C=O) groups is 1. The molecule has 1 atom stereocenters. The summed E-state index contributed by atoms with van der Waals surface area (Å²) in [5, 5.41) is 5.07. The van der Waals surface area contributed by atoms with E-state index in [1.54, 1.807) is 0 Å². The third-order valence-electron chi connectivity index (χ3n) is 4.03. The molecule has 3 rings (SSSR count). The summed E-state index contributed by atoms with van der Waals surface area (Å²) in [6.45, 7) is 0. The van der Waals surface area contributed by atoms with Crippen LogP contribution in [0.15, 0.2) is 45.8 Å². The van der Waals surface area contributed by atoms with Crippen LogP contribution in [0.1, 0.15) is 21.7 Å². The lowest BCUT2D eigenvalue weighted by atomic mass is 10.2. The van der Waals surface area contributed by atoms with Crippen LogP contribution in [0.4, 0.5) is 26.3 Å². The number of carbonyl (C=O) groups excluding carboxylic acids is 1. The average Bonchev–Trinajstić information content (AvgIpc) is 3.09. The van der Waals surface area contributed by atoms with Gasteiger partial charge in [-0.25, -0.2) is 13.7 Å². The number of halogens is 7. The van der Waals surface area contributed by atoms with E-state index in [1.807, 2.05) is 5.32 Å². The molecule has 0 saturated carbocycles. The third-order valence-corrected chi connectivity index (χ3v) is 6.26.